The second kappa shape index (κ2) is 12.3. The molecule has 1 aliphatic carbocycles. The fraction of sp³-hybridized carbons (Fsp3) is 0.435. The molecule has 1 fully saturated rings. The Kier molecular flexibility index (Phi) is 9.60. The quantitative estimate of drug-likeness (QED) is 0.694. The molecule has 27 heavy (non-hydrogen) atoms. The van der Waals surface area contributed by atoms with Gasteiger partial charge in [0, 0.05) is 13.1 Å². The maximum absolute atomic E-state index is 9.18. The molecule has 1 aliphatic heterocycles. The molecule has 0 radical (unpaired) electrons. The lowest BCUT2D eigenvalue weighted by molar-refractivity contribution is -0.128. The van der Waals surface area contributed by atoms with Gasteiger partial charge in [-0.3, -0.25) is 4.79 Å². The molecule has 1 atom stereocenters. The van der Waals surface area contributed by atoms with Crippen LogP contribution < -0.4 is 0 Å². The first kappa shape index (κ1) is 21.1. The van der Waals surface area contributed by atoms with Crippen LogP contribution in [-0.4, -0.2) is 44.2 Å². The van der Waals surface area contributed by atoms with E-state index < -0.39 is 0 Å². The van der Waals surface area contributed by atoms with Crippen LogP contribution in [0.25, 0.3) is 0 Å². The largest absolute Gasteiger partial charge is 0.468 e. The van der Waals surface area contributed by atoms with E-state index in [9.17, 15) is 4.79 Å². The molecular weight excluding hydrogens is 338 g/mol. The van der Waals surface area contributed by atoms with Gasteiger partial charge in [-0.1, -0.05) is 60.7 Å². The van der Waals surface area contributed by atoms with Crippen LogP contribution in [0.3, 0.4) is 0 Å². The molecule has 0 saturated carbocycles. The van der Waals surface area contributed by atoms with Gasteiger partial charge in [-0.2, -0.15) is 0 Å². The third kappa shape index (κ3) is 7.53. The zero-order chi connectivity index (χ0) is 19.3. The number of ether oxygens (including phenoxy) is 2. The van der Waals surface area contributed by atoms with Crippen LogP contribution >= 0.6 is 0 Å². The third-order valence-electron chi connectivity index (χ3n) is 4.66. The number of carbonyl (C=O) groups excluding carboxylic acids is 1. The SMILES string of the molecule is CCOC=O.CN1CCC(OC(C2=CCC=CC=C2)c2ccccc2)CC1. The van der Waals surface area contributed by atoms with Gasteiger partial charge in [-0.05, 0) is 44.4 Å². The smallest absolute Gasteiger partial charge is 0.293 e. The van der Waals surface area contributed by atoms with Crippen molar-refractivity contribution in [2.75, 3.05) is 26.7 Å². The monoisotopic (exact) mass is 369 g/mol. The van der Waals surface area contributed by atoms with E-state index in [0.29, 0.717) is 19.2 Å². The summed E-state index contributed by atoms with van der Waals surface area (Å²) in [6.45, 7) is 4.92. The highest BCUT2D eigenvalue weighted by molar-refractivity contribution is 5.36. The summed E-state index contributed by atoms with van der Waals surface area (Å²) in [4.78, 5) is 11.6. The Morgan fingerprint density at radius 3 is 2.56 bits per heavy atom. The molecule has 0 N–H and O–H groups in total. The van der Waals surface area contributed by atoms with Crippen LogP contribution in [0.5, 0.6) is 0 Å². The maximum atomic E-state index is 9.18. The Labute approximate surface area is 163 Å². The number of rotatable bonds is 6. The number of benzene rings is 1. The Hall–Kier alpha value is -2.17. The summed E-state index contributed by atoms with van der Waals surface area (Å²) in [5.74, 6) is 0. The molecule has 0 aromatic heterocycles. The molecule has 1 saturated heterocycles. The van der Waals surface area contributed by atoms with E-state index in [1.807, 2.05) is 0 Å². The molecule has 1 aromatic carbocycles. The lowest BCUT2D eigenvalue weighted by Gasteiger charge is -2.32. The molecule has 3 rings (SSSR count). The molecular formula is C23H31NO3. The fourth-order valence-corrected chi connectivity index (χ4v) is 3.15. The van der Waals surface area contributed by atoms with Gasteiger partial charge in [-0.15, -0.1) is 0 Å². The Bertz CT molecular complexity index is 628. The van der Waals surface area contributed by atoms with E-state index in [4.69, 9.17) is 4.74 Å². The van der Waals surface area contributed by atoms with Crippen LogP contribution in [0.4, 0.5) is 0 Å². The normalized spacial score (nSPS) is 18.7. The molecule has 1 unspecified atom stereocenters. The zero-order valence-electron chi connectivity index (χ0n) is 16.4. The van der Waals surface area contributed by atoms with Gasteiger partial charge < -0.3 is 14.4 Å². The van der Waals surface area contributed by atoms with Crippen LogP contribution in [0.15, 0.2) is 66.3 Å². The van der Waals surface area contributed by atoms with Gasteiger partial charge in [0.25, 0.3) is 6.47 Å². The molecule has 4 heteroatoms. The summed E-state index contributed by atoms with van der Waals surface area (Å²) in [5.41, 5.74) is 2.52. The standard InChI is InChI=1S/C20H25NO.C3H6O2/c1-21-15-13-19(14-16-21)22-20(18-11-7-4-8-12-18)17-9-5-2-3-6-10-17;1-2-5-3-4/h2-5,7-12,19-20H,6,13-16H2,1H3;3H,2H2,1H3. The zero-order valence-corrected chi connectivity index (χ0v) is 16.4. The van der Waals surface area contributed by atoms with E-state index in [1.165, 1.54) is 11.1 Å². The minimum absolute atomic E-state index is 0.0470. The van der Waals surface area contributed by atoms with Crippen LogP contribution in [0.2, 0.25) is 0 Å². The lowest BCUT2D eigenvalue weighted by Crippen LogP contribution is -2.35. The average Bonchev–Trinajstić information content (AvgIpc) is 2.99. The van der Waals surface area contributed by atoms with E-state index >= 15 is 0 Å². The van der Waals surface area contributed by atoms with Gasteiger partial charge in [0.15, 0.2) is 0 Å². The van der Waals surface area contributed by atoms with Crippen molar-refractivity contribution in [1.82, 2.24) is 4.90 Å². The Balaban J connectivity index is 0.000000465. The summed E-state index contributed by atoms with van der Waals surface area (Å²) in [5, 5.41) is 0. The molecule has 1 aromatic rings. The van der Waals surface area contributed by atoms with Gasteiger partial charge in [0.2, 0.25) is 0 Å². The topological polar surface area (TPSA) is 38.8 Å². The third-order valence-corrected chi connectivity index (χ3v) is 4.66. The molecule has 0 spiro atoms. The van der Waals surface area contributed by atoms with Crippen molar-refractivity contribution < 1.29 is 14.3 Å². The van der Waals surface area contributed by atoms with Crippen molar-refractivity contribution in [3.63, 3.8) is 0 Å². The number of likely N-dealkylation sites (tertiary alicyclic amines) is 1. The Morgan fingerprint density at radius 1 is 1.19 bits per heavy atom. The van der Waals surface area contributed by atoms with Gasteiger partial charge in [-0.25, -0.2) is 0 Å². The number of piperidine rings is 1. The van der Waals surface area contributed by atoms with Crippen LogP contribution in [0.1, 0.15) is 37.9 Å². The van der Waals surface area contributed by atoms with E-state index in [1.54, 1.807) is 6.92 Å². The van der Waals surface area contributed by atoms with Gasteiger partial charge in [0.1, 0.15) is 6.10 Å². The fourth-order valence-electron chi connectivity index (χ4n) is 3.15. The summed E-state index contributed by atoms with van der Waals surface area (Å²) < 4.78 is 10.7. The number of allylic oxidation sites excluding steroid dienone is 4. The van der Waals surface area contributed by atoms with Crippen molar-refractivity contribution in [2.45, 2.75) is 38.4 Å². The number of carbonyl (C=O) groups is 1. The van der Waals surface area contributed by atoms with Crippen molar-refractivity contribution in [3.05, 3.63) is 71.8 Å². The van der Waals surface area contributed by atoms with Crippen molar-refractivity contribution in [3.8, 4) is 0 Å². The summed E-state index contributed by atoms with van der Waals surface area (Å²) in [6, 6.07) is 10.6. The maximum Gasteiger partial charge on any atom is 0.293 e. The van der Waals surface area contributed by atoms with Crippen molar-refractivity contribution in [2.24, 2.45) is 0 Å². The first-order chi connectivity index (χ1) is 13.2. The summed E-state index contributed by atoms with van der Waals surface area (Å²) in [6.07, 6.45) is 14.5. The van der Waals surface area contributed by atoms with E-state index in [-0.39, 0.29) is 6.10 Å². The number of hydrogen-bond donors (Lipinski definition) is 0. The molecule has 0 bridgehead atoms. The Morgan fingerprint density at radius 2 is 1.93 bits per heavy atom. The minimum Gasteiger partial charge on any atom is -0.468 e. The molecule has 4 nitrogen and oxygen atoms in total. The minimum atomic E-state index is 0.0470. The second-order valence-electron chi connectivity index (χ2n) is 6.71. The van der Waals surface area contributed by atoms with Crippen LogP contribution in [-0.2, 0) is 14.3 Å². The number of nitrogens with zero attached hydrogens (tertiary/aromatic N) is 1. The lowest BCUT2D eigenvalue weighted by atomic mass is 9.99. The highest BCUT2D eigenvalue weighted by Gasteiger charge is 2.24. The summed E-state index contributed by atoms with van der Waals surface area (Å²) >= 11 is 0. The first-order valence-corrected chi connectivity index (χ1v) is 9.72. The molecule has 0 amide bonds. The summed E-state index contributed by atoms with van der Waals surface area (Å²) in [7, 11) is 2.19. The van der Waals surface area contributed by atoms with Gasteiger partial charge >= 0.3 is 0 Å². The van der Waals surface area contributed by atoms with E-state index in [2.05, 4.69) is 77.4 Å². The van der Waals surface area contributed by atoms with Crippen molar-refractivity contribution in [1.29, 1.82) is 0 Å². The highest BCUT2D eigenvalue weighted by Crippen LogP contribution is 2.31. The number of hydrogen-bond acceptors (Lipinski definition) is 4. The highest BCUT2D eigenvalue weighted by atomic mass is 16.5. The first-order valence-electron chi connectivity index (χ1n) is 9.72. The second-order valence-corrected chi connectivity index (χ2v) is 6.71. The average molecular weight is 370 g/mol. The van der Waals surface area contributed by atoms with Crippen LogP contribution in [0, 0.1) is 0 Å². The van der Waals surface area contributed by atoms with Gasteiger partial charge in [0.05, 0.1) is 12.7 Å². The predicted molar refractivity (Wildman–Crippen MR) is 109 cm³/mol. The molecule has 146 valence electrons. The van der Waals surface area contributed by atoms with Crippen molar-refractivity contribution >= 4 is 6.47 Å². The predicted octanol–water partition coefficient (Wildman–Crippen LogP) is 4.46. The molecule has 2 aliphatic rings. The molecule has 1 heterocycles. The van der Waals surface area contributed by atoms with E-state index in [0.717, 1.165) is 32.4 Å².